The molecule has 6 heteroatoms. The van der Waals surface area contributed by atoms with Crippen LogP contribution in [-0.2, 0) is 16.1 Å². The summed E-state index contributed by atoms with van der Waals surface area (Å²) in [6.07, 6.45) is 2.01. The highest BCUT2D eigenvalue weighted by molar-refractivity contribution is 6.09. The molecular weight excluding hydrogens is 368 g/mol. The van der Waals surface area contributed by atoms with Crippen molar-refractivity contribution in [2.75, 3.05) is 7.11 Å². The van der Waals surface area contributed by atoms with Gasteiger partial charge in [-0.15, -0.1) is 0 Å². The molecule has 148 valence electrons. The first kappa shape index (κ1) is 18.8. The fraction of sp³-hybridized carbons (Fsp3) is 0.217. The molecule has 1 aliphatic heterocycles. The van der Waals surface area contributed by atoms with Gasteiger partial charge in [0.15, 0.2) is 11.5 Å². The predicted molar refractivity (Wildman–Crippen MR) is 110 cm³/mol. The average Bonchev–Trinajstić information content (AvgIpc) is 3.28. The first-order chi connectivity index (χ1) is 14.1. The number of aromatic amines is 1. The Kier molecular flexibility index (Phi) is 4.84. The molecule has 0 radical (unpaired) electrons. The van der Waals surface area contributed by atoms with Gasteiger partial charge in [-0.2, -0.15) is 0 Å². The zero-order chi connectivity index (χ0) is 20.5. The van der Waals surface area contributed by atoms with Gasteiger partial charge in [0.1, 0.15) is 5.75 Å². The van der Waals surface area contributed by atoms with Crippen molar-refractivity contribution < 1.29 is 19.4 Å². The summed E-state index contributed by atoms with van der Waals surface area (Å²) in [6.45, 7) is 1.93. The molecule has 1 unspecified atom stereocenters. The van der Waals surface area contributed by atoms with Gasteiger partial charge in [-0.1, -0.05) is 43.3 Å². The number of amides is 1. The number of nitrogens with one attached hydrogen (secondary N) is 1. The van der Waals surface area contributed by atoms with Gasteiger partial charge >= 0.3 is 0 Å². The molecule has 0 fully saturated rings. The zero-order valence-electron chi connectivity index (χ0n) is 16.3. The second-order valence-electron chi connectivity index (χ2n) is 6.98. The lowest BCUT2D eigenvalue weighted by molar-refractivity contribution is -0.130. The van der Waals surface area contributed by atoms with E-state index in [1.54, 1.807) is 20.2 Å². The van der Waals surface area contributed by atoms with Crippen molar-refractivity contribution in [1.29, 1.82) is 0 Å². The minimum Gasteiger partial charge on any atom is -0.503 e. The van der Waals surface area contributed by atoms with Crippen LogP contribution in [0.4, 0.5) is 0 Å². The number of fused-ring (bicyclic) bond motifs is 1. The van der Waals surface area contributed by atoms with E-state index in [0.717, 1.165) is 22.0 Å². The molecule has 1 atom stereocenters. The van der Waals surface area contributed by atoms with Crippen LogP contribution >= 0.6 is 0 Å². The van der Waals surface area contributed by atoms with Crippen LogP contribution in [0.3, 0.4) is 0 Å². The Bertz CT molecular complexity index is 1130. The number of methoxy groups -OCH3 is 1. The van der Waals surface area contributed by atoms with E-state index < -0.39 is 17.7 Å². The third kappa shape index (κ3) is 3.06. The minimum atomic E-state index is -0.670. The SMILES string of the molecule is CCC(=O)C1=C(O)C(=O)N(Cc2ccccc2OC)C1c1c[nH]c2ccccc12. The summed E-state index contributed by atoms with van der Waals surface area (Å²) in [5.41, 5.74) is 2.63. The van der Waals surface area contributed by atoms with Crippen LogP contribution in [0.2, 0.25) is 0 Å². The number of Topliss-reactive ketones (excluding diaryl/α,β-unsaturated/α-hetero) is 1. The van der Waals surface area contributed by atoms with Crippen LogP contribution in [0.25, 0.3) is 10.9 Å². The second-order valence-corrected chi connectivity index (χ2v) is 6.98. The van der Waals surface area contributed by atoms with Gasteiger partial charge in [-0.25, -0.2) is 0 Å². The van der Waals surface area contributed by atoms with Crippen LogP contribution in [0.1, 0.15) is 30.5 Å². The third-order valence-corrected chi connectivity index (χ3v) is 5.37. The number of benzene rings is 2. The first-order valence-electron chi connectivity index (χ1n) is 9.52. The number of nitrogens with zero attached hydrogens (tertiary/aromatic N) is 1. The normalized spacial score (nSPS) is 16.7. The molecule has 0 spiro atoms. The van der Waals surface area contributed by atoms with Gasteiger partial charge in [0.25, 0.3) is 5.91 Å². The Morgan fingerprint density at radius 3 is 2.66 bits per heavy atom. The summed E-state index contributed by atoms with van der Waals surface area (Å²) in [5, 5.41) is 11.5. The predicted octanol–water partition coefficient (Wildman–Crippen LogP) is 4.05. The number of para-hydroxylation sites is 2. The number of H-pyrrole nitrogens is 1. The molecular formula is C23H22N2O4. The Labute approximate surface area is 168 Å². The number of rotatable bonds is 6. The fourth-order valence-electron chi connectivity index (χ4n) is 3.95. The molecule has 0 saturated heterocycles. The summed E-state index contributed by atoms with van der Waals surface area (Å²) in [6, 6.07) is 14.4. The van der Waals surface area contributed by atoms with E-state index in [1.807, 2.05) is 48.5 Å². The number of ketones is 1. The number of hydrogen-bond donors (Lipinski definition) is 2. The first-order valence-corrected chi connectivity index (χ1v) is 9.52. The molecule has 2 aromatic carbocycles. The van der Waals surface area contributed by atoms with E-state index in [0.29, 0.717) is 5.75 Å². The van der Waals surface area contributed by atoms with E-state index in [2.05, 4.69) is 4.98 Å². The second kappa shape index (κ2) is 7.47. The number of aliphatic hydroxyl groups excluding tert-OH is 1. The van der Waals surface area contributed by atoms with Crippen LogP contribution in [0.5, 0.6) is 5.75 Å². The van der Waals surface area contributed by atoms with Gasteiger partial charge in [0.05, 0.1) is 25.3 Å². The van der Waals surface area contributed by atoms with Crippen LogP contribution in [-0.4, -0.2) is 33.8 Å². The number of aromatic nitrogens is 1. The van der Waals surface area contributed by atoms with E-state index in [9.17, 15) is 14.7 Å². The Balaban J connectivity index is 1.85. The molecule has 29 heavy (non-hydrogen) atoms. The van der Waals surface area contributed by atoms with Gasteiger partial charge < -0.3 is 19.7 Å². The topological polar surface area (TPSA) is 82.6 Å². The Morgan fingerprint density at radius 1 is 1.17 bits per heavy atom. The lowest BCUT2D eigenvalue weighted by Crippen LogP contribution is -2.30. The molecule has 3 aromatic rings. The van der Waals surface area contributed by atoms with Crippen LogP contribution in [0.15, 0.2) is 66.1 Å². The van der Waals surface area contributed by atoms with Crippen molar-refractivity contribution in [3.63, 3.8) is 0 Å². The molecule has 1 aliphatic rings. The van der Waals surface area contributed by atoms with Gasteiger partial charge in [-0.3, -0.25) is 9.59 Å². The van der Waals surface area contributed by atoms with E-state index in [4.69, 9.17) is 4.74 Å². The molecule has 1 amide bonds. The summed E-state index contributed by atoms with van der Waals surface area (Å²) >= 11 is 0. The van der Waals surface area contributed by atoms with Crippen LogP contribution in [0, 0.1) is 0 Å². The standard InChI is InChI=1S/C23H22N2O4/c1-3-18(26)20-21(16-12-24-17-10-6-5-9-15(16)17)25(23(28)22(20)27)13-14-8-4-7-11-19(14)29-2/h4-12,21,24,27H,3,13H2,1-2H3. The molecule has 1 aromatic heterocycles. The zero-order valence-corrected chi connectivity index (χ0v) is 16.3. The monoisotopic (exact) mass is 390 g/mol. The summed E-state index contributed by atoms with van der Waals surface area (Å²) in [5.74, 6) is -0.619. The highest BCUT2D eigenvalue weighted by Crippen LogP contribution is 2.42. The molecule has 0 aliphatic carbocycles. The maximum Gasteiger partial charge on any atom is 0.290 e. The Hall–Kier alpha value is -3.54. The third-order valence-electron chi connectivity index (χ3n) is 5.37. The van der Waals surface area contributed by atoms with Crippen molar-refractivity contribution in [1.82, 2.24) is 9.88 Å². The lowest BCUT2D eigenvalue weighted by Gasteiger charge is -2.27. The summed E-state index contributed by atoms with van der Waals surface area (Å²) in [4.78, 5) is 30.4. The number of aliphatic hydroxyl groups is 1. The van der Waals surface area contributed by atoms with Crippen molar-refractivity contribution >= 4 is 22.6 Å². The molecule has 2 heterocycles. The van der Waals surface area contributed by atoms with Crippen molar-refractivity contribution in [2.45, 2.75) is 25.9 Å². The van der Waals surface area contributed by atoms with Crippen molar-refractivity contribution in [3.8, 4) is 5.75 Å². The van der Waals surface area contributed by atoms with E-state index in [1.165, 1.54) is 4.90 Å². The summed E-state index contributed by atoms with van der Waals surface area (Å²) in [7, 11) is 1.57. The van der Waals surface area contributed by atoms with Gasteiger partial charge in [0, 0.05) is 34.6 Å². The quantitative estimate of drug-likeness (QED) is 0.665. The Morgan fingerprint density at radius 2 is 1.90 bits per heavy atom. The maximum absolute atomic E-state index is 13.0. The summed E-state index contributed by atoms with van der Waals surface area (Å²) < 4.78 is 5.42. The van der Waals surface area contributed by atoms with E-state index in [-0.39, 0.29) is 24.3 Å². The van der Waals surface area contributed by atoms with Crippen molar-refractivity contribution in [2.24, 2.45) is 0 Å². The lowest BCUT2D eigenvalue weighted by atomic mass is 9.94. The molecule has 0 saturated carbocycles. The molecule has 0 bridgehead atoms. The molecule has 2 N–H and O–H groups in total. The van der Waals surface area contributed by atoms with Gasteiger partial charge in [-0.05, 0) is 12.1 Å². The average molecular weight is 390 g/mol. The molecule has 6 nitrogen and oxygen atoms in total. The number of hydrogen-bond acceptors (Lipinski definition) is 4. The van der Waals surface area contributed by atoms with E-state index >= 15 is 0 Å². The largest absolute Gasteiger partial charge is 0.503 e. The number of carbonyl (C=O) groups excluding carboxylic acids is 2. The van der Waals surface area contributed by atoms with Gasteiger partial charge in [0.2, 0.25) is 0 Å². The van der Waals surface area contributed by atoms with Crippen LogP contribution < -0.4 is 4.74 Å². The van der Waals surface area contributed by atoms with Crippen molar-refractivity contribution in [3.05, 3.63) is 77.2 Å². The fourth-order valence-corrected chi connectivity index (χ4v) is 3.95. The minimum absolute atomic E-state index is 0.150. The molecule has 4 rings (SSSR count). The number of ether oxygens (including phenoxy) is 1. The number of carbonyl (C=O) groups is 2. The highest BCUT2D eigenvalue weighted by atomic mass is 16.5. The highest BCUT2D eigenvalue weighted by Gasteiger charge is 2.44. The maximum atomic E-state index is 13.0. The smallest absolute Gasteiger partial charge is 0.290 e.